The van der Waals surface area contributed by atoms with Crippen LogP contribution in [0.2, 0.25) is 0 Å². The second-order valence-corrected chi connectivity index (χ2v) is 6.56. The highest BCUT2D eigenvalue weighted by Crippen LogP contribution is 2.27. The predicted octanol–water partition coefficient (Wildman–Crippen LogP) is 4.67. The summed E-state index contributed by atoms with van der Waals surface area (Å²) in [4.78, 5) is 0. The topological polar surface area (TPSA) is 12.0 Å². The van der Waals surface area contributed by atoms with Crippen LogP contribution in [0.3, 0.4) is 0 Å². The number of rotatable bonds is 6. The van der Waals surface area contributed by atoms with E-state index in [1.165, 1.54) is 18.4 Å². The van der Waals surface area contributed by atoms with E-state index < -0.39 is 0 Å². The molecule has 1 fully saturated rings. The van der Waals surface area contributed by atoms with Crippen LogP contribution in [0.5, 0.6) is 0 Å². The third-order valence-corrected chi connectivity index (χ3v) is 4.61. The van der Waals surface area contributed by atoms with E-state index in [1.807, 2.05) is 18.2 Å². The molecule has 0 radical (unpaired) electrons. The predicted molar refractivity (Wildman–Crippen MR) is 88.0 cm³/mol. The maximum atomic E-state index is 14.2. The lowest BCUT2D eigenvalue weighted by Gasteiger charge is -2.19. The average Bonchev–Trinajstić information content (AvgIpc) is 3.33. The van der Waals surface area contributed by atoms with Crippen molar-refractivity contribution in [3.8, 4) is 0 Å². The molecule has 110 valence electrons. The van der Waals surface area contributed by atoms with Crippen molar-refractivity contribution in [3.63, 3.8) is 0 Å². The van der Waals surface area contributed by atoms with Gasteiger partial charge in [0.25, 0.3) is 0 Å². The van der Waals surface area contributed by atoms with Crippen LogP contribution in [0.1, 0.15) is 29.9 Å². The Morgan fingerprint density at radius 2 is 1.86 bits per heavy atom. The molecule has 1 aliphatic rings. The highest BCUT2D eigenvalue weighted by atomic mass is 79.9. The fourth-order valence-corrected chi connectivity index (χ4v) is 3.01. The Labute approximate surface area is 133 Å². The van der Waals surface area contributed by atoms with E-state index in [9.17, 15) is 4.39 Å². The third-order valence-electron chi connectivity index (χ3n) is 4.00. The van der Waals surface area contributed by atoms with Gasteiger partial charge in [-0.15, -0.1) is 0 Å². The molecule has 1 aliphatic carbocycles. The van der Waals surface area contributed by atoms with Crippen LogP contribution in [0.15, 0.2) is 53.0 Å². The van der Waals surface area contributed by atoms with Gasteiger partial charge in [0.15, 0.2) is 0 Å². The minimum Gasteiger partial charge on any atom is -0.313 e. The van der Waals surface area contributed by atoms with Crippen molar-refractivity contribution >= 4 is 15.9 Å². The molecule has 0 amide bonds. The summed E-state index contributed by atoms with van der Waals surface area (Å²) in [5.41, 5.74) is 2.04. The monoisotopic (exact) mass is 347 g/mol. The van der Waals surface area contributed by atoms with Crippen LogP contribution in [0, 0.1) is 5.82 Å². The van der Waals surface area contributed by atoms with Crippen molar-refractivity contribution in [1.82, 2.24) is 5.32 Å². The molecule has 0 aliphatic heterocycles. The SMILES string of the molecule is Fc1c(Br)cccc1CC(CNC1CC1)c1ccccc1. The smallest absolute Gasteiger partial charge is 0.140 e. The molecule has 1 unspecified atom stereocenters. The molecule has 0 heterocycles. The summed E-state index contributed by atoms with van der Waals surface area (Å²) in [5.74, 6) is 0.167. The largest absolute Gasteiger partial charge is 0.313 e. The van der Waals surface area contributed by atoms with Crippen molar-refractivity contribution < 1.29 is 4.39 Å². The maximum absolute atomic E-state index is 14.2. The van der Waals surface area contributed by atoms with Crippen LogP contribution < -0.4 is 5.32 Å². The first-order valence-electron chi connectivity index (χ1n) is 7.45. The molecule has 1 atom stereocenters. The molecule has 1 N–H and O–H groups in total. The molecule has 3 heteroatoms. The van der Waals surface area contributed by atoms with E-state index in [0.717, 1.165) is 18.5 Å². The van der Waals surface area contributed by atoms with Gasteiger partial charge in [-0.25, -0.2) is 4.39 Å². The quantitative estimate of drug-likeness (QED) is 0.800. The summed E-state index contributed by atoms with van der Waals surface area (Å²) >= 11 is 3.27. The summed E-state index contributed by atoms with van der Waals surface area (Å²) in [6, 6.07) is 16.6. The van der Waals surface area contributed by atoms with Crippen molar-refractivity contribution in [3.05, 3.63) is 69.9 Å². The van der Waals surface area contributed by atoms with Gasteiger partial charge in [-0.3, -0.25) is 0 Å². The zero-order chi connectivity index (χ0) is 14.7. The first-order valence-corrected chi connectivity index (χ1v) is 8.24. The van der Waals surface area contributed by atoms with Gasteiger partial charge in [-0.05, 0) is 52.4 Å². The fourth-order valence-electron chi connectivity index (χ4n) is 2.60. The molecule has 0 bridgehead atoms. The minimum absolute atomic E-state index is 0.134. The van der Waals surface area contributed by atoms with Gasteiger partial charge in [0.2, 0.25) is 0 Å². The van der Waals surface area contributed by atoms with Gasteiger partial charge in [0, 0.05) is 18.5 Å². The third kappa shape index (κ3) is 3.92. The van der Waals surface area contributed by atoms with Gasteiger partial charge in [0.05, 0.1) is 4.47 Å². The van der Waals surface area contributed by atoms with Gasteiger partial charge in [-0.2, -0.15) is 0 Å². The Morgan fingerprint density at radius 3 is 2.57 bits per heavy atom. The number of halogens is 2. The molecule has 21 heavy (non-hydrogen) atoms. The summed E-state index contributed by atoms with van der Waals surface area (Å²) in [7, 11) is 0. The summed E-state index contributed by atoms with van der Waals surface area (Å²) < 4.78 is 14.8. The van der Waals surface area contributed by atoms with Gasteiger partial charge in [0.1, 0.15) is 5.82 Å². The van der Waals surface area contributed by atoms with E-state index >= 15 is 0 Å². The number of benzene rings is 2. The standard InChI is InChI=1S/C18H19BrFN/c19-17-8-4-7-14(18(17)20)11-15(12-21-16-9-10-16)13-5-2-1-3-6-13/h1-8,15-16,21H,9-12H2. The van der Waals surface area contributed by atoms with Crippen LogP contribution in [-0.4, -0.2) is 12.6 Å². The van der Waals surface area contributed by atoms with Gasteiger partial charge >= 0.3 is 0 Å². The van der Waals surface area contributed by atoms with Crippen molar-refractivity contribution in [2.24, 2.45) is 0 Å². The fraction of sp³-hybridized carbons (Fsp3) is 0.333. The van der Waals surface area contributed by atoms with E-state index in [0.29, 0.717) is 16.4 Å². The summed E-state index contributed by atoms with van der Waals surface area (Å²) in [5, 5.41) is 3.58. The van der Waals surface area contributed by atoms with Crippen LogP contribution >= 0.6 is 15.9 Å². The maximum Gasteiger partial charge on any atom is 0.140 e. The molecule has 0 aromatic heterocycles. The Morgan fingerprint density at radius 1 is 1.10 bits per heavy atom. The van der Waals surface area contributed by atoms with Crippen LogP contribution in [0.25, 0.3) is 0 Å². The second kappa shape index (κ2) is 6.71. The lowest BCUT2D eigenvalue weighted by Crippen LogP contribution is -2.25. The molecular weight excluding hydrogens is 329 g/mol. The highest BCUT2D eigenvalue weighted by Gasteiger charge is 2.23. The van der Waals surface area contributed by atoms with Crippen LogP contribution in [0.4, 0.5) is 4.39 Å². The highest BCUT2D eigenvalue weighted by molar-refractivity contribution is 9.10. The minimum atomic E-state index is -0.134. The molecular formula is C18H19BrFN. The van der Waals surface area contributed by atoms with E-state index in [4.69, 9.17) is 0 Å². The normalized spacial score (nSPS) is 15.9. The Kier molecular flexibility index (Phi) is 4.71. The van der Waals surface area contributed by atoms with Crippen molar-refractivity contribution in [2.75, 3.05) is 6.54 Å². The van der Waals surface area contributed by atoms with E-state index in [1.54, 1.807) is 6.07 Å². The first kappa shape index (κ1) is 14.7. The molecule has 2 aromatic carbocycles. The Bertz CT molecular complexity index is 595. The summed E-state index contributed by atoms with van der Waals surface area (Å²) in [6.07, 6.45) is 3.26. The zero-order valence-corrected chi connectivity index (χ0v) is 13.4. The van der Waals surface area contributed by atoms with E-state index in [-0.39, 0.29) is 5.82 Å². The second-order valence-electron chi connectivity index (χ2n) is 5.71. The molecule has 3 rings (SSSR count). The number of nitrogens with one attached hydrogen (secondary N) is 1. The van der Waals surface area contributed by atoms with E-state index in [2.05, 4.69) is 45.5 Å². The summed E-state index contributed by atoms with van der Waals surface area (Å²) in [6.45, 7) is 0.903. The molecule has 1 saturated carbocycles. The number of hydrogen-bond acceptors (Lipinski definition) is 1. The zero-order valence-electron chi connectivity index (χ0n) is 11.9. The molecule has 1 nitrogen and oxygen atoms in total. The molecule has 0 spiro atoms. The lowest BCUT2D eigenvalue weighted by molar-refractivity contribution is 0.550. The Balaban J connectivity index is 1.79. The van der Waals surface area contributed by atoms with Crippen LogP contribution in [-0.2, 0) is 6.42 Å². The average molecular weight is 348 g/mol. The van der Waals surface area contributed by atoms with Crippen molar-refractivity contribution in [1.29, 1.82) is 0 Å². The van der Waals surface area contributed by atoms with Crippen molar-refractivity contribution in [2.45, 2.75) is 31.2 Å². The number of hydrogen-bond donors (Lipinski definition) is 1. The Hall–Kier alpha value is -1.19. The van der Waals surface area contributed by atoms with Gasteiger partial charge in [-0.1, -0.05) is 42.5 Å². The molecule has 2 aromatic rings. The van der Waals surface area contributed by atoms with Gasteiger partial charge < -0.3 is 5.32 Å². The lowest BCUT2D eigenvalue weighted by atomic mass is 9.91. The molecule has 0 saturated heterocycles. The first-order chi connectivity index (χ1) is 10.2.